The van der Waals surface area contributed by atoms with Gasteiger partial charge in [-0.2, -0.15) is 5.26 Å². The molecular formula is C33H38N4O4. The van der Waals surface area contributed by atoms with Crippen LogP contribution in [0, 0.1) is 18.3 Å². The van der Waals surface area contributed by atoms with E-state index in [0.29, 0.717) is 11.3 Å². The standard InChI is InChI=1S/C33H38N4O4/c1-6-24-16-18-26(19-17-24)29(30(38)35-27-15-11-10-12-23(27)2)37(21-20-34)31(39)28(22-25-13-8-7-9-14-25)36-32(40)41-33(3,4)5/h7-19,28-29H,6,21-22H2,1-5H3,(H,35,38)(H,36,40). The molecule has 0 heterocycles. The van der Waals surface area contributed by atoms with Crippen molar-refractivity contribution in [3.63, 3.8) is 0 Å². The Labute approximate surface area is 242 Å². The summed E-state index contributed by atoms with van der Waals surface area (Å²) in [5.74, 6) is -1.05. The Kier molecular flexibility index (Phi) is 10.6. The number of rotatable bonds is 10. The van der Waals surface area contributed by atoms with Crippen LogP contribution < -0.4 is 10.6 Å². The number of nitriles is 1. The minimum atomic E-state index is -1.13. The average molecular weight is 555 g/mol. The molecule has 0 aliphatic carbocycles. The average Bonchev–Trinajstić information content (AvgIpc) is 2.93. The first kappa shape index (κ1) is 30.9. The van der Waals surface area contributed by atoms with E-state index in [9.17, 15) is 19.6 Å². The van der Waals surface area contributed by atoms with Crippen LogP contribution in [0.25, 0.3) is 0 Å². The molecule has 0 bridgehead atoms. The highest BCUT2D eigenvalue weighted by molar-refractivity contribution is 5.99. The zero-order valence-corrected chi connectivity index (χ0v) is 24.3. The fourth-order valence-corrected chi connectivity index (χ4v) is 4.40. The lowest BCUT2D eigenvalue weighted by atomic mass is 9.99. The molecule has 214 valence electrons. The van der Waals surface area contributed by atoms with Crippen molar-refractivity contribution in [2.75, 3.05) is 11.9 Å². The van der Waals surface area contributed by atoms with E-state index in [0.717, 1.165) is 23.1 Å². The third kappa shape index (κ3) is 8.94. The van der Waals surface area contributed by atoms with E-state index < -0.39 is 35.6 Å². The van der Waals surface area contributed by atoms with Crippen molar-refractivity contribution in [2.24, 2.45) is 0 Å². The number of anilines is 1. The van der Waals surface area contributed by atoms with Gasteiger partial charge in [0.1, 0.15) is 24.2 Å². The van der Waals surface area contributed by atoms with E-state index in [2.05, 4.69) is 10.6 Å². The Balaban J connectivity index is 2.05. The Morgan fingerprint density at radius 2 is 1.56 bits per heavy atom. The van der Waals surface area contributed by atoms with Crippen LogP contribution in [0.2, 0.25) is 0 Å². The molecule has 2 unspecified atom stereocenters. The largest absolute Gasteiger partial charge is 0.444 e. The van der Waals surface area contributed by atoms with Gasteiger partial charge in [-0.25, -0.2) is 4.79 Å². The van der Waals surface area contributed by atoms with E-state index in [4.69, 9.17) is 4.74 Å². The summed E-state index contributed by atoms with van der Waals surface area (Å²) in [4.78, 5) is 42.2. The van der Waals surface area contributed by atoms with Crippen molar-refractivity contribution >= 4 is 23.6 Å². The third-order valence-electron chi connectivity index (χ3n) is 6.46. The Morgan fingerprint density at radius 1 is 0.927 bits per heavy atom. The maximum atomic E-state index is 14.2. The maximum Gasteiger partial charge on any atom is 0.408 e. The molecule has 3 aromatic carbocycles. The molecule has 3 rings (SSSR count). The number of nitrogens with zero attached hydrogens (tertiary/aromatic N) is 2. The van der Waals surface area contributed by atoms with Crippen LogP contribution in [0.5, 0.6) is 0 Å². The van der Waals surface area contributed by atoms with Crippen LogP contribution in [0.3, 0.4) is 0 Å². The number of nitrogens with one attached hydrogen (secondary N) is 2. The molecule has 8 heteroatoms. The number of hydrogen-bond acceptors (Lipinski definition) is 5. The summed E-state index contributed by atoms with van der Waals surface area (Å²) in [6.07, 6.45) is 0.180. The molecule has 41 heavy (non-hydrogen) atoms. The van der Waals surface area contributed by atoms with E-state index in [-0.39, 0.29) is 13.0 Å². The number of carbonyl (C=O) groups is 3. The molecule has 0 fully saturated rings. The molecule has 8 nitrogen and oxygen atoms in total. The molecular weight excluding hydrogens is 516 g/mol. The molecule has 0 aromatic heterocycles. The summed E-state index contributed by atoms with van der Waals surface area (Å²) in [5.41, 5.74) is 3.09. The Bertz CT molecular complexity index is 1370. The Morgan fingerprint density at radius 3 is 2.15 bits per heavy atom. The minimum Gasteiger partial charge on any atom is -0.444 e. The van der Waals surface area contributed by atoms with Crippen LogP contribution >= 0.6 is 0 Å². The van der Waals surface area contributed by atoms with E-state index in [1.165, 1.54) is 4.90 Å². The van der Waals surface area contributed by atoms with Crippen molar-refractivity contribution in [1.29, 1.82) is 5.26 Å². The molecule has 0 radical (unpaired) electrons. The summed E-state index contributed by atoms with van der Waals surface area (Å²) in [5, 5.41) is 15.4. The van der Waals surface area contributed by atoms with Crippen LogP contribution in [0.4, 0.5) is 10.5 Å². The lowest BCUT2D eigenvalue weighted by Gasteiger charge is -2.33. The molecule has 0 aliphatic rings. The molecule has 3 amide bonds. The highest BCUT2D eigenvalue weighted by atomic mass is 16.6. The van der Waals surface area contributed by atoms with Gasteiger partial charge < -0.3 is 20.3 Å². The first-order valence-corrected chi connectivity index (χ1v) is 13.7. The molecule has 0 aliphatic heterocycles. The highest BCUT2D eigenvalue weighted by Crippen LogP contribution is 2.26. The van der Waals surface area contributed by atoms with Gasteiger partial charge in [0, 0.05) is 12.1 Å². The topological polar surface area (TPSA) is 112 Å². The second-order valence-electron chi connectivity index (χ2n) is 10.8. The van der Waals surface area contributed by atoms with Crippen LogP contribution in [-0.2, 0) is 27.2 Å². The first-order chi connectivity index (χ1) is 19.5. The Hall–Kier alpha value is -4.64. The second kappa shape index (κ2) is 14.1. The fraction of sp³-hybridized carbons (Fsp3) is 0.333. The number of benzene rings is 3. The van der Waals surface area contributed by atoms with E-state index >= 15 is 0 Å². The number of aryl methyl sites for hydroxylation is 2. The van der Waals surface area contributed by atoms with Crippen molar-refractivity contribution < 1.29 is 19.1 Å². The molecule has 2 N–H and O–H groups in total. The van der Waals surface area contributed by atoms with Crippen molar-refractivity contribution in [1.82, 2.24) is 10.2 Å². The monoisotopic (exact) mass is 554 g/mol. The predicted octanol–water partition coefficient (Wildman–Crippen LogP) is 5.73. The van der Waals surface area contributed by atoms with Crippen molar-refractivity contribution in [2.45, 2.75) is 65.1 Å². The lowest BCUT2D eigenvalue weighted by molar-refractivity contribution is -0.140. The predicted molar refractivity (Wildman–Crippen MR) is 159 cm³/mol. The van der Waals surface area contributed by atoms with Crippen LogP contribution in [-0.4, -0.2) is 41.0 Å². The fourth-order valence-electron chi connectivity index (χ4n) is 4.40. The number of amides is 3. The lowest BCUT2D eigenvalue weighted by Crippen LogP contribution is -2.53. The summed E-state index contributed by atoms with van der Waals surface area (Å²) in [6, 6.07) is 23.8. The number of para-hydroxylation sites is 1. The van der Waals surface area contributed by atoms with E-state index in [1.54, 1.807) is 39.0 Å². The van der Waals surface area contributed by atoms with Crippen LogP contribution in [0.1, 0.15) is 56.0 Å². The summed E-state index contributed by atoms with van der Waals surface area (Å²) < 4.78 is 5.44. The second-order valence-corrected chi connectivity index (χ2v) is 10.8. The third-order valence-corrected chi connectivity index (χ3v) is 6.46. The van der Waals surface area contributed by atoms with Gasteiger partial charge in [0.05, 0.1) is 6.07 Å². The van der Waals surface area contributed by atoms with Gasteiger partial charge in [-0.15, -0.1) is 0 Å². The van der Waals surface area contributed by atoms with Crippen molar-refractivity contribution in [3.8, 4) is 6.07 Å². The quantitative estimate of drug-likeness (QED) is 0.311. The van der Waals surface area contributed by atoms with Gasteiger partial charge in [0.2, 0.25) is 5.91 Å². The number of ether oxygens (including phenoxy) is 1. The first-order valence-electron chi connectivity index (χ1n) is 13.7. The number of carbonyl (C=O) groups excluding carboxylic acids is 3. The van der Waals surface area contributed by atoms with Gasteiger partial charge in [0.15, 0.2) is 0 Å². The van der Waals surface area contributed by atoms with Gasteiger partial charge >= 0.3 is 6.09 Å². The SMILES string of the molecule is CCc1ccc(C(C(=O)Nc2ccccc2C)N(CC#N)C(=O)C(Cc2ccccc2)NC(=O)OC(C)(C)C)cc1. The smallest absolute Gasteiger partial charge is 0.408 e. The maximum absolute atomic E-state index is 14.2. The zero-order chi connectivity index (χ0) is 30.0. The number of hydrogen-bond donors (Lipinski definition) is 2. The number of alkyl carbamates (subject to hydrolysis) is 1. The molecule has 2 atom stereocenters. The van der Waals surface area contributed by atoms with Crippen LogP contribution in [0.15, 0.2) is 78.9 Å². The normalized spacial score (nSPS) is 12.4. The minimum absolute atomic E-state index is 0.141. The summed E-state index contributed by atoms with van der Waals surface area (Å²) in [6.45, 7) is 8.72. The van der Waals surface area contributed by atoms with Gasteiger partial charge in [-0.3, -0.25) is 9.59 Å². The highest BCUT2D eigenvalue weighted by Gasteiger charge is 2.36. The molecule has 0 saturated carbocycles. The molecule has 0 spiro atoms. The van der Waals surface area contributed by atoms with Gasteiger partial charge in [-0.1, -0.05) is 79.7 Å². The van der Waals surface area contributed by atoms with Gasteiger partial charge in [-0.05, 0) is 62.4 Å². The van der Waals surface area contributed by atoms with Crippen molar-refractivity contribution in [3.05, 3.63) is 101 Å². The van der Waals surface area contributed by atoms with E-state index in [1.807, 2.05) is 80.6 Å². The molecule has 3 aromatic rings. The zero-order valence-electron chi connectivity index (χ0n) is 24.3. The molecule has 0 saturated heterocycles. The summed E-state index contributed by atoms with van der Waals surface area (Å²) in [7, 11) is 0. The van der Waals surface area contributed by atoms with Gasteiger partial charge in [0.25, 0.3) is 5.91 Å². The summed E-state index contributed by atoms with van der Waals surface area (Å²) >= 11 is 0.